The van der Waals surface area contributed by atoms with E-state index < -0.39 is 41.3 Å². The van der Waals surface area contributed by atoms with E-state index in [1.165, 1.54) is 12.1 Å². The van der Waals surface area contributed by atoms with Crippen molar-refractivity contribution in [1.82, 2.24) is 15.3 Å². The molecule has 1 aliphatic rings. The van der Waals surface area contributed by atoms with Crippen LogP contribution in [0.15, 0.2) is 29.1 Å². The first-order valence-electron chi connectivity index (χ1n) is 10.5. The quantitative estimate of drug-likeness (QED) is 0.132. The maximum absolute atomic E-state index is 12.5. The number of rotatable bonds is 11. The minimum atomic E-state index is -2.60. The second kappa shape index (κ2) is 10.5. The second-order valence-electron chi connectivity index (χ2n) is 8.00. The fourth-order valence-electron chi connectivity index (χ4n) is 3.42. The molecule has 0 saturated carbocycles. The molecule has 2 aromatic rings. The molecular weight excluding hydrogens is 478 g/mol. The topological polar surface area (TPSA) is 246 Å². The average molecular weight is 501 g/mol. The first-order valence-corrected chi connectivity index (χ1v) is 10.5. The Bertz CT molecular complexity index is 1240. The van der Waals surface area contributed by atoms with Crippen LogP contribution in [0.4, 0.5) is 23.1 Å². The van der Waals surface area contributed by atoms with Crippen molar-refractivity contribution in [2.24, 2.45) is 5.41 Å². The third-order valence-corrected chi connectivity index (χ3v) is 5.47. The van der Waals surface area contributed by atoms with Gasteiger partial charge in [-0.2, -0.15) is 4.98 Å². The van der Waals surface area contributed by atoms with Gasteiger partial charge in [0.05, 0.1) is 6.04 Å². The van der Waals surface area contributed by atoms with Gasteiger partial charge in [0.2, 0.25) is 5.95 Å². The van der Waals surface area contributed by atoms with Crippen molar-refractivity contribution in [3.63, 3.8) is 0 Å². The largest absolute Gasteiger partial charge is 0.480 e. The highest BCUT2D eigenvalue weighted by Crippen LogP contribution is 2.21. The molecule has 190 valence electrons. The van der Waals surface area contributed by atoms with E-state index in [4.69, 9.17) is 10.8 Å². The van der Waals surface area contributed by atoms with E-state index in [0.717, 1.165) is 0 Å². The number of nitrogen functional groups attached to an aromatic ring is 1. The normalized spacial score (nSPS) is 15.3. The second-order valence-corrected chi connectivity index (χ2v) is 8.00. The van der Waals surface area contributed by atoms with Crippen LogP contribution in [0.25, 0.3) is 0 Å². The number of benzene rings is 1. The molecule has 15 heteroatoms. The zero-order valence-corrected chi connectivity index (χ0v) is 18.6. The third-order valence-electron chi connectivity index (χ3n) is 5.47. The average Bonchev–Trinajstić information content (AvgIpc) is 2.85. The van der Waals surface area contributed by atoms with Crippen LogP contribution in [0, 0.1) is 5.41 Å². The highest BCUT2D eigenvalue weighted by atomic mass is 16.4. The number of carboxylic acids is 2. The molecule has 3 rings (SSSR count). The summed E-state index contributed by atoms with van der Waals surface area (Å²) in [5.74, 6) is -3.92. The molecule has 2 atom stereocenters. The van der Waals surface area contributed by atoms with Gasteiger partial charge < -0.3 is 46.8 Å². The Kier molecular flexibility index (Phi) is 7.52. The SMILES string of the molecule is Nc1nc2c(c(=O)[nH]1)N[C@@H](CNc1ccc(C(=O)N[C@@H](CC(C=O)(C=O)C(=O)O)C(=O)O)cc1)CN2. The molecule has 1 aromatic carbocycles. The molecule has 0 bridgehead atoms. The van der Waals surface area contributed by atoms with Crippen molar-refractivity contribution in [3.05, 3.63) is 40.2 Å². The molecule has 0 unspecified atom stereocenters. The van der Waals surface area contributed by atoms with E-state index in [-0.39, 0.29) is 35.8 Å². The Labute approximate surface area is 202 Å². The summed E-state index contributed by atoms with van der Waals surface area (Å²) < 4.78 is 0. The number of aromatic nitrogens is 2. The molecule has 9 N–H and O–H groups in total. The summed E-state index contributed by atoms with van der Waals surface area (Å²) in [6, 6.07) is 3.93. The van der Waals surface area contributed by atoms with E-state index in [0.29, 0.717) is 24.6 Å². The summed E-state index contributed by atoms with van der Waals surface area (Å²) in [7, 11) is 0. The monoisotopic (exact) mass is 501 g/mol. The molecule has 0 fully saturated rings. The summed E-state index contributed by atoms with van der Waals surface area (Å²) >= 11 is 0. The lowest BCUT2D eigenvalue weighted by Gasteiger charge is -2.27. The van der Waals surface area contributed by atoms with Gasteiger partial charge in [0.25, 0.3) is 11.5 Å². The van der Waals surface area contributed by atoms with E-state index in [9.17, 15) is 33.9 Å². The lowest BCUT2D eigenvalue weighted by atomic mass is 9.84. The number of H-pyrrole nitrogens is 1. The number of hydrogen-bond donors (Lipinski definition) is 8. The number of anilines is 4. The molecule has 36 heavy (non-hydrogen) atoms. The van der Waals surface area contributed by atoms with E-state index in [1.807, 2.05) is 0 Å². The van der Waals surface area contributed by atoms with Crippen molar-refractivity contribution >= 4 is 53.6 Å². The van der Waals surface area contributed by atoms with Gasteiger partial charge in [0.1, 0.15) is 24.3 Å². The molecular formula is C21H23N7O8. The van der Waals surface area contributed by atoms with Crippen molar-refractivity contribution in [3.8, 4) is 0 Å². The Balaban J connectivity index is 1.60. The van der Waals surface area contributed by atoms with Crippen molar-refractivity contribution < 1.29 is 34.2 Å². The van der Waals surface area contributed by atoms with Gasteiger partial charge in [-0.15, -0.1) is 0 Å². The number of aromatic amines is 1. The van der Waals surface area contributed by atoms with Crippen LogP contribution in [0.1, 0.15) is 16.8 Å². The first-order chi connectivity index (χ1) is 17.1. The molecule has 15 nitrogen and oxygen atoms in total. The van der Waals surface area contributed by atoms with Crippen LogP contribution in [-0.2, 0) is 19.2 Å². The lowest BCUT2D eigenvalue weighted by Crippen LogP contribution is -2.48. The number of carbonyl (C=O) groups excluding carboxylic acids is 3. The number of aldehydes is 2. The Morgan fingerprint density at radius 3 is 2.44 bits per heavy atom. The van der Waals surface area contributed by atoms with Gasteiger partial charge in [-0.3, -0.25) is 19.4 Å². The fourth-order valence-corrected chi connectivity index (χ4v) is 3.42. The van der Waals surface area contributed by atoms with Crippen LogP contribution < -0.4 is 32.6 Å². The highest BCUT2D eigenvalue weighted by Gasteiger charge is 2.43. The Morgan fingerprint density at radius 2 is 1.86 bits per heavy atom. The van der Waals surface area contributed by atoms with E-state index in [1.54, 1.807) is 12.1 Å². The minimum Gasteiger partial charge on any atom is -0.480 e. The van der Waals surface area contributed by atoms with Crippen LogP contribution in [0.3, 0.4) is 0 Å². The van der Waals surface area contributed by atoms with Gasteiger partial charge in [0.15, 0.2) is 11.2 Å². The van der Waals surface area contributed by atoms with Crippen molar-refractivity contribution in [2.45, 2.75) is 18.5 Å². The van der Waals surface area contributed by atoms with Gasteiger partial charge in [-0.25, -0.2) is 4.79 Å². The van der Waals surface area contributed by atoms with Crippen LogP contribution in [0.5, 0.6) is 0 Å². The number of aliphatic carboxylic acids is 2. The summed E-state index contributed by atoms with van der Waals surface area (Å²) in [5, 5.41) is 29.8. The zero-order valence-electron chi connectivity index (χ0n) is 18.6. The van der Waals surface area contributed by atoms with Crippen LogP contribution in [0.2, 0.25) is 0 Å². The zero-order chi connectivity index (χ0) is 26.5. The molecule has 0 aliphatic carbocycles. The maximum atomic E-state index is 12.5. The number of amides is 1. The molecule has 2 heterocycles. The van der Waals surface area contributed by atoms with Gasteiger partial charge in [-0.1, -0.05) is 0 Å². The number of carbonyl (C=O) groups is 5. The van der Waals surface area contributed by atoms with E-state index >= 15 is 0 Å². The van der Waals surface area contributed by atoms with Crippen molar-refractivity contribution in [1.29, 1.82) is 0 Å². The third kappa shape index (κ3) is 5.57. The number of nitrogens with zero attached hydrogens (tertiary/aromatic N) is 1. The minimum absolute atomic E-state index is 0.00267. The predicted molar refractivity (Wildman–Crippen MR) is 126 cm³/mol. The van der Waals surface area contributed by atoms with Gasteiger partial charge in [-0.05, 0) is 24.3 Å². The molecule has 1 aromatic heterocycles. The first kappa shape index (κ1) is 25.7. The van der Waals surface area contributed by atoms with Crippen LogP contribution >= 0.6 is 0 Å². The predicted octanol–water partition coefficient (Wildman–Crippen LogP) is -1.29. The van der Waals surface area contributed by atoms with Gasteiger partial charge >= 0.3 is 11.9 Å². The van der Waals surface area contributed by atoms with Crippen LogP contribution in [-0.4, -0.2) is 75.8 Å². The number of nitrogens with two attached hydrogens (primary N) is 1. The Morgan fingerprint density at radius 1 is 1.19 bits per heavy atom. The molecule has 0 spiro atoms. The fraction of sp³-hybridized carbons (Fsp3) is 0.286. The molecule has 0 radical (unpaired) electrons. The number of carboxylic acid groups (broad SMARTS) is 2. The smallest absolute Gasteiger partial charge is 0.326 e. The van der Waals surface area contributed by atoms with Crippen molar-refractivity contribution in [2.75, 3.05) is 34.8 Å². The number of nitrogens with one attached hydrogen (secondary N) is 5. The standard InChI is InChI=1S/C21H23N7O8/c22-20-27-15-14(17(32)28-20)25-12(7-24-15)6-23-11-3-1-10(2-4-11)16(31)26-13(18(33)34)5-21(8-29,9-30)19(35)36/h1-4,8-9,12-13,23,25H,5-7H2,(H,26,31)(H,33,34)(H,35,36)(H4,22,24,27,28,32)/t12-,13-/m0/s1. The lowest BCUT2D eigenvalue weighted by molar-refractivity contribution is -0.154. The molecule has 1 aliphatic heterocycles. The molecule has 0 saturated heterocycles. The summed E-state index contributed by atoms with van der Waals surface area (Å²) in [6.45, 7) is 0.837. The summed E-state index contributed by atoms with van der Waals surface area (Å²) in [5.41, 5.74) is 3.45. The molecule has 1 amide bonds. The maximum Gasteiger partial charge on any atom is 0.326 e. The number of hydrogen-bond acceptors (Lipinski definition) is 11. The summed E-state index contributed by atoms with van der Waals surface area (Å²) in [6.07, 6.45) is -1.28. The Hall–Kier alpha value is -4.95. The van der Waals surface area contributed by atoms with E-state index in [2.05, 4.69) is 31.2 Å². The summed E-state index contributed by atoms with van der Waals surface area (Å²) in [4.78, 5) is 76.1. The highest BCUT2D eigenvalue weighted by molar-refractivity contribution is 6.08. The van der Waals surface area contributed by atoms with Gasteiger partial charge in [0, 0.05) is 30.8 Å². The number of fused-ring (bicyclic) bond motifs is 1.